The Hall–Kier alpha value is -4.52. The van der Waals surface area contributed by atoms with E-state index in [4.69, 9.17) is 32.8 Å². The highest BCUT2D eigenvalue weighted by Crippen LogP contribution is 2.10. The largest absolute Gasteiger partial charge is 0.481 e. The van der Waals surface area contributed by atoms with Crippen LogP contribution in [0.4, 0.5) is 0 Å². The first-order chi connectivity index (χ1) is 21.5. The minimum atomic E-state index is -1.80. The minimum Gasteiger partial charge on any atom is -0.481 e. The van der Waals surface area contributed by atoms with Crippen LogP contribution in [-0.2, 0) is 33.6 Å². The Kier molecular flexibility index (Phi) is 19.9. The van der Waals surface area contributed by atoms with Crippen molar-refractivity contribution < 1.29 is 48.9 Å². The van der Waals surface area contributed by atoms with Crippen molar-refractivity contribution >= 4 is 47.5 Å². The Morgan fingerprint density at radius 2 is 1.22 bits per heavy atom. The molecule has 0 heterocycles. The number of nitrogens with two attached hydrogens (primary N) is 3. The van der Waals surface area contributed by atoms with Crippen LogP contribution in [-0.4, -0.2) is 106 Å². The third-order valence-corrected chi connectivity index (χ3v) is 6.54. The smallest absolute Gasteiger partial charge is 0.326 e. The van der Waals surface area contributed by atoms with Crippen LogP contribution in [0.2, 0.25) is 0 Å². The molecule has 46 heavy (non-hydrogen) atoms. The average molecular weight is 660 g/mol. The summed E-state index contributed by atoms with van der Waals surface area (Å²) in [5.41, 5.74) is 16.6. The van der Waals surface area contributed by atoms with Crippen molar-refractivity contribution in [2.75, 3.05) is 13.1 Å². The van der Waals surface area contributed by atoms with Crippen LogP contribution in [0, 0.1) is 11.3 Å². The minimum absolute atomic E-state index is 0.0484. The SMILES string of the molecule is CC(C)C[C@H](NC(=O)[C@H](CCC(=O)O)NC(=O)[C@H](N)CCCCN)C(=O)N[C@@H](CCCNC(=N)N)C(=O)N[C@H](CC(=O)O)C(=O)O. The molecule has 4 amide bonds. The van der Waals surface area contributed by atoms with Gasteiger partial charge in [-0.1, -0.05) is 20.3 Å². The van der Waals surface area contributed by atoms with E-state index in [9.17, 15) is 38.7 Å². The van der Waals surface area contributed by atoms with Crippen molar-refractivity contribution in [3.63, 3.8) is 0 Å². The van der Waals surface area contributed by atoms with E-state index < -0.39 is 84.6 Å². The summed E-state index contributed by atoms with van der Waals surface area (Å²) < 4.78 is 0. The molecule has 0 aromatic rings. The number of carbonyl (C=O) groups excluding carboxylic acids is 4. The fourth-order valence-corrected chi connectivity index (χ4v) is 4.15. The predicted octanol–water partition coefficient (Wildman–Crippen LogP) is -2.88. The van der Waals surface area contributed by atoms with Gasteiger partial charge in [-0.2, -0.15) is 0 Å². The van der Waals surface area contributed by atoms with Crippen LogP contribution in [0.3, 0.4) is 0 Å². The summed E-state index contributed by atoms with van der Waals surface area (Å²) in [6, 6.07) is -6.83. The van der Waals surface area contributed by atoms with Gasteiger partial charge in [0.15, 0.2) is 5.96 Å². The summed E-state index contributed by atoms with van der Waals surface area (Å²) in [6.07, 6.45) is -0.173. The Balaban J connectivity index is 5.99. The highest BCUT2D eigenvalue weighted by molar-refractivity contribution is 5.96. The average Bonchev–Trinajstić information content (AvgIpc) is 2.94. The number of carboxylic acid groups (broad SMARTS) is 3. The number of nitrogens with one attached hydrogen (secondary N) is 6. The molecule has 0 aromatic heterocycles. The van der Waals surface area contributed by atoms with Gasteiger partial charge in [-0.15, -0.1) is 0 Å². The summed E-state index contributed by atoms with van der Waals surface area (Å²) in [6.45, 7) is 4.00. The van der Waals surface area contributed by atoms with E-state index in [1.54, 1.807) is 13.8 Å². The number of unbranched alkanes of at least 4 members (excludes halogenated alkanes) is 1. The number of guanidine groups is 1. The molecule has 0 aliphatic rings. The zero-order chi connectivity index (χ0) is 35.4. The summed E-state index contributed by atoms with van der Waals surface area (Å²) in [7, 11) is 0. The van der Waals surface area contributed by atoms with Gasteiger partial charge in [-0.05, 0) is 51.0 Å². The summed E-state index contributed by atoms with van der Waals surface area (Å²) in [4.78, 5) is 86.2. The van der Waals surface area contributed by atoms with E-state index in [1.807, 2.05) is 0 Å². The third kappa shape index (κ3) is 18.3. The van der Waals surface area contributed by atoms with Crippen LogP contribution in [0.5, 0.6) is 0 Å². The molecule has 15 N–H and O–H groups in total. The first-order valence-electron chi connectivity index (χ1n) is 14.9. The second kappa shape index (κ2) is 22.1. The Morgan fingerprint density at radius 3 is 1.72 bits per heavy atom. The molecule has 262 valence electrons. The maximum absolute atomic E-state index is 13.4. The first kappa shape index (κ1) is 41.5. The van der Waals surface area contributed by atoms with Gasteiger partial charge in [-0.25, -0.2) is 4.79 Å². The predicted molar refractivity (Wildman–Crippen MR) is 164 cm³/mol. The fraction of sp³-hybridized carbons (Fsp3) is 0.704. The number of aliphatic carboxylic acids is 3. The van der Waals surface area contributed by atoms with Crippen LogP contribution in [0.15, 0.2) is 0 Å². The van der Waals surface area contributed by atoms with Crippen LogP contribution in [0.25, 0.3) is 0 Å². The molecular formula is C27H49N9O10. The lowest BCUT2D eigenvalue weighted by Crippen LogP contribution is -2.58. The summed E-state index contributed by atoms with van der Waals surface area (Å²) in [5, 5.41) is 46.8. The van der Waals surface area contributed by atoms with Crippen molar-refractivity contribution in [2.24, 2.45) is 23.1 Å². The second-order valence-corrected chi connectivity index (χ2v) is 11.1. The molecule has 0 aromatic carbocycles. The molecule has 0 saturated carbocycles. The zero-order valence-corrected chi connectivity index (χ0v) is 26.2. The van der Waals surface area contributed by atoms with E-state index in [0.717, 1.165) is 0 Å². The van der Waals surface area contributed by atoms with Gasteiger partial charge in [0.05, 0.1) is 12.5 Å². The van der Waals surface area contributed by atoms with Gasteiger partial charge in [0.1, 0.15) is 24.2 Å². The molecule has 0 radical (unpaired) electrons. The van der Waals surface area contributed by atoms with Crippen LogP contribution in [0.1, 0.15) is 71.6 Å². The van der Waals surface area contributed by atoms with Crippen LogP contribution >= 0.6 is 0 Å². The highest BCUT2D eigenvalue weighted by atomic mass is 16.4. The van der Waals surface area contributed by atoms with Crippen molar-refractivity contribution in [3.8, 4) is 0 Å². The van der Waals surface area contributed by atoms with E-state index in [0.29, 0.717) is 19.4 Å². The van der Waals surface area contributed by atoms with Gasteiger partial charge >= 0.3 is 17.9 Å². The van der Waals surface area contributed by atoms with Crippen molar-refractivity contribution in [1.82, 2.24) is 26.6 Å². The van der Waals surface area contributed by atoms with Gasteiger partial charge < -0.3 is 59.1 Å². The molecule has 0 rings (SSSR count). The molecule has 0 unspecified atom stereocenters. The quantitative estimate of drug-likeness (QED) is 0.0281. The molecule has 0 aliphatic carbocycles. The lowest BCUT2D eigenvalue weighted by molar-refractivity contribution is -0.147. The molecule has 0 fully saturated rings. The Morgan fingerprint density at radius 1 is 0.696 bits per heavy atom. The number of amides is 4. The van der Waals surface area contributed by atoms with Gasteiger partial charge in [0, 0.05) is 13.0 Å². The highest BCUT2D eigenvalue weighted by Gasteiger charge is 2.32. The normalized spacial score (nSPS) is 14.1. The van der Waals surface area contributed by atoms with Gasteiger partial charge in [0.2, 0.25) is 23.6 Å². The standard InChI is InChI=1S/C27H49N9O10/c1-14(2)12-18(35-24(43)17(8-9-20(37)38)33-22(41)15(29)6-3-4-10-28)25(44)34-16(7-5-11-32-27(30)31)23(42)36-19(26(45)46)13-21(39)40/h14-19H,3-13,28-29H2,1-2H3,(H,33,41)(H,34,44)(H,35,43)(H,36,42)(H,37,38)(H,39,40)(H,45,46)(H4,30,31,32)/t15-,16+,17+,18+,19-/m1/s1. The molecule has 0 bridgehead atoms. The Bertz CT molecular complexity index is 1070. The summed E-state index contributed by atoms with van der Waals surface area (Å²) in [5.74, 6) is -8.29. The second-order valence-electron chi connectivity index (χ2n) is 11.1. The van der Waals surface area contributed by atoms with Crippen molar-refractivity contribution in [1.29, 1.82) is 5.41 Å². The molecule has 19 heteroatoms. The topological polar surface area (TPSA) is 342 Å². The van der Waals surface area contributed by atoms with E-state index in [1.165, 1.54) is 0 Å². The lowest BCUT2D eigenvalue weighted by atomic mass is 10.0. The van der Waals surface area contributed by atoms with E-state index in [-0.39, 0.29) is 50.5 Å². The fourth-order valence-electron chi connectivity index (χ4n) is 4.15. The zero-order valence-electron chi connectivity index (χ0n) is 26.2. The Labute approximate surface area is 266 Å². The summed E-state index contributed by atoms with van der Waals surface area (Å²) >= 11 is 0. The molecule has 0 spiro atoms. The van der Waals surface area contributed by atoms with Crippen LogP contribution < -0.4 is 43.8 Å². The first-order valence-corrected chi connectivity index (χ1v) is 14.9. The molecule has 5 atom stereocenters. The van der Waals surface area contributed by atoms with Crippen molar-refractivity contribution in [3.05, 3.63) is 0 Å². The van der Waals surface area contributed by atoms with Crippen molar-refractivity contribution in [2.45, 2.75) is 102 Å². The lowest BCUT2D eigenvalue weighted by Gasteiger charge is -2.27. The maximum Gasteiger partial charge on any atom is 0.326 e. The molecule has 0 saturated heterocycles. The molecule has 0 aliphatic heterocycles. The monoisotopic (exact) mass is 659 g/mol. The maximum atomic E-state index is 13.4. The number of rotatable bonds is 24. The van der Waals surface area contributed by atoms with Gasteiger partial charge in [-0.3, -0.25) is 34.2 Å². The number of carbonyl (C=O) groups is 7. The molecule has 19 nitrogen and oxygen atoms in total. The number of hydrogen-bond acceptors (Lipinski definition) is 10. The number of carboxylic acids is 3. The molecular weight excluding hydrogens is 610 g/mol. The van der Waals surface area contributed by atoms with E-state index in [2.05, 4.69) is 26.6 Å². The third-order valence-electron chi connectivity index (χ3n) is 6.54. The number of hydrogen-bond donors (Lipinski definition) is 12. The van der Waals surface area contributed by atoms with E-state index >= 15 is 0 Å². The van der Waals surface area contributed by atoms with Gasteiger partial charge in [0.25, 0.3) is 0 Å².